The summed E-state index contributed by atoms with van der Waals surface area (Å²) in [7, 11) is 2.17. The topological polar surface area (TPSA) is 49.5 Å². The van der Waals surface area contributed by atoms with Crippen molar-refractivity contribution in [2.45, 2.75) is 51.2 Å². The molecule has 0 bridgehead atoms. The molecular formula is C12H26N2O. The second-order valence-electron chi connectivity index (χ2n) is 4.97. The van der Waals surface area contributed by atoms with Crippen LogP contribution < -0.4 is 5.73 Å². The first-order chi connectivity index (χ1) is 7.15. The van der Waals surface area contributed by atoms with Gasteiger partial charge in [-0.05, 0) is 45.7 Å². The third kappa shape index (κ3) is 4.09. The highest BCUT2D eigenvalue weighted by Gasteiger charge is 2.26. The van der Waals surface area contributed by atoms with E-state index in [2.05, 4.69) is 11.9 Å². The summed E-state index contributed by atoms with van der Waals surface area (Å²) in [6, 6.07) is 0.641. The lowest BCUT2D eigenvalue weighted by molar-refractivity contribution is 0.106. The number of rotatable bonds is 5. The van der Waals surface area contributed by atoms with E-state index in [9.17, 15) is 5.11 Å². The van der Waals surface area contributed by atoms with Crippen molar-refractivity contribution >= 4 is 0 Å². The van der Waals surface area contributed by atoms with Gasteiger partial charge in [0.25, 0.3) is 0 Å². The van der Waals surface area contributed by atoms with Crippen molar-refractivity contribution in [1.29, 1.82) is 0 Å². The molecule has 90 valence electrons. The van der Waals surface area contributed by atoms with Crippen molar-refractivity contribution < 1.29 is 5.11 Å². The Bertz CT molecular complexity index is 173. The zero-order chi connectivity index (χ0) is 11.3. The van der Waals surface area contributed by atoms with E-state index < -0.39 is 0 Å². The van der Waals surface area contributed by atoms with Crippen LogP contribution in [0.15, 0.2) is 0 Å². The molecular weight excluding hydrogens is 188 g/mol. The molecule has 0 amide bonds. The standard InChI is InChI=1S/C12H26N2O/c1-10(15)7-8-14(2)12-6-4-3-5-11(12)9-13/h10-12,15H,3-9,13H2,1-2H3. The van der Waals surface area contributed by atoms with E-state index in [0.29, 0.717) is 12.0 Å². The molecule has 15 heavy (non-hydrogen) atoms. The molecule has 3 N–H and O–H groups in total. The van der Waals surface area contributed by atoms with Crippen molar-refractivity contribution in [2.75, 3.05) is 20.1 Å². The molecule has 0 aliphatic heterocycles. The van der Waals surface area contributed by atoms with Gasteiger partial charge in [0.15, 0.2) is 0 Å². The van der Waals surface area contributed by atoms with Gasteiger partial charge in [-0.2, -0.15) is 0 Å². The number of nitrogens with zero attached hydrogens (tertiary/aromatic N) is 1. The Hall–Kier alpha value is -0.120. The van der Waals surface area contributed by atoms with E-state index in [1.165, 1.54) is 25.7 Å². The Morgan fingerprint density at radius 3 is 2.67 bits per heavy atom. The Morgan fingerprint density at radius 2 is 2.07 bits per heavy atom. The zero-order valence-electron chi connectivity index (χ0n) is 10.2. The van der Waals surface area contributed by atoms with Crippen LogP contribution in [0, 0.1) is 5.92 Å². The third-order valence-electron chi connectivity index (χ3n) is 3.64. The van der Waals surface area contributed by atoms with Crippen LogP contribution in [-0.2, 0) is 0 Å². The van der Waals surface area contributed by atoms with Crippen molar-refractivity contribution in [3.05, 3.63) is 0 Å². The van der Waals surface area contributed by atoms with Gasteiger partial charge in [0.1, 0.15) is 0 Å². The van der Waals surface area contributed by atoms with Crippen molar-refractivity contribution in [2.24, 2.45) is 11.7 Å². The van der Waals surface area contributed by atoms with Gasteiger partial charge in [0.2, 0.25) is 0 Å². The minimum absolute atomic E-state index is 0.188. The summed E-state index contributed by atoms with van der Waals surface area (Å²) < 4.78 is 0. The van der Waals surface area contributed by atoms with Crippen LogP contribution in [0.5, 0.6) is 0 Å². The van der Waals surface area contributed by atoms with Gasteiger partial charge in [-0.15, -0.1) is 0 Å². The lowest BCUT2D eigenvalue weighted by Crippen LogP contribution is -2.43. The third-order valence-corrected chi connectivity index (χ3v) is 3.64. The summed E-state index contributed by atoms with van der Waals surface area (Å²) in [6.07, 6.45) is 5.90. The van der Waals surface area contributed by atoms with Gasteiger partial charge < -0.3 is 15.7 Å². The zero-order valence-corrected chi connectivity index (χ0v) is 10.2. The van der Waals surface area contributed by atoms with E-state index in [0.717, 1.165) is 19.5 Å². The lowest BCUT2D eigenvalue weighted by atomic mass is 9.83. The van der Waals surface area contributed by atoms with Crippen LogP contribution in [0.3, 0.4) is 0 Å². The number of hydrogen-bond acceptors (Lipinski definition) is 3. The molecule has 0 spiro atoms. The van der Waals surface area contributed by atoms with Gasteiger partial charge in [-0.1, -0.05) is 12.8 Å². The van der Waals surface area contributed by atoms with Crippen LogP contribution in [0.25, 0.3) is 0 Å². The smallest absolute Gasteiger partial charge is 0.0524 e. The first kappa shape index (κ1) is 12.9. The fourth-order valence-electron chi connectivity index (χ4n) is 2.60. The minimum Gasteiger partial charge on any atom is -0.393 e. The molecule has 0 aromatic rings. The monoisotopic (exact) mass is 214 g/mol. The van der Waals surface area contributed by atoms with Crippen LogP contribution in [-0.4, -0.2) is 42.3 Å². The highest BCUT2D eigenvalue weighted by Crippen LogP contribution is 2.27. The normalized spacial score (nSPS) is 29.4. The van der Waals surface area contributed by atoms with Gasteiger partial charge in [-0.25, -0.2) is 0 Å². The van der Waals surface area contributed by atoms with Gasteiger partial charge in [0, 0.05) is 12.6 Å². The molecule has 1 saturated carbocycles. The SMILES string of the molecule is CC(O)CCN(C)C1CCCCC1CN. The molecule has 0 radical (unpaired) electrons. The second kappa shape index (κ2) is 6.46. The molecule has 3 atom stereocenters. The number of aliphatic hydroxyl groups excluding tert-OH is 1. The van der Waals surface area contributed by atoms with E-state index in [1.54, 1.807) is 0 Å². The number of hydrogen-bond donors (Lipinski definition) is 2. The van der Waals surface area contributed by atoms with Crippen molar-refractivity contribution in [1.82, 2.24) is 4.90 Å². The fraction of sp³-hybridized carbons (Fsp3) is 1.00. The summed E-state index contributed by atoms with van der Waals surface area (Å²) in [4.78, 5) is 2.39. The summed E-state index contributed by atoms with van der Waals surface area (Å²) in [5.41, 5.74) is 5.81. The largest absolute Gasteiger partial charge is 0.393 e. The first-order valence-electron chi connectivity index (χ1n) is 6.23. The van der Waals surface area contributed by atoms with Crippen LogP contribution in [0.1, 0.15) is 39.0 Å². The van der Waals surface area contributed by atoms with Crippen molar-refractivity contribution in [3.63, 3.8) is 0 Å². The number of nitrogens with two attached hydrogens (primary N) is 1. The van der Waals surface area contributed by atoms with Crippen LogP contribution in [0.4, 0.5) is 0 Å². The highest BCUT2D eigenvalue weighted by molar-refractivity contribution is 4.82. The molecule has 0 heterocycles. The molecule has 0 saturated heterocycles. The Balaban J connectivity index is 2.37. The maximum atomic E-state index is 9.27. The predicted molar refractivity (Wildman–Crippen MR) is 63.7 cm³/mol. The summed E-state index contributed by atoms with van der Waals surface area (Å²) >= 11 is 0. The molecule has 3 unspecified atom stereocenters. The summed E-state index contributed by atoms with van der Waals surface area (Å²) in [6.45, 7) is 3.65. The lowest BCUT2D eigenvalue weighted by Gasteiger charge is -2.37. The van der Waals surface area contributed by atoms with E-state index in [4.69, 9.17) is 5.73 Å². The summed E-state index contributed by atoms with van der Waals surface area (Å²) in [5.74, 6) is 0.665. The van der Waals surface area contributed by atoms with Gasteiger partial charge >= 0.3 is 0 Å². The van der Waals surface area contributed by atoms with Crippen molar-refractivity contribution in [3.8, 4) is 0 Å². The summed E-state index contributed by atoms with van der Waals surface area (Å²) in [5, 5.41) is 9.27. The quantitative estimate of drug-likeness (QED) is 0.723. The minimum atomic E-state index is -0.188. The molecule has 1 aliphatic carbocycles. The van der Waals surface area contributed by atoms with E-state index in [1.807, 2.05) is 6.92 Å². The first-order valence-corrected chi connectivity index (χ1v) is 6.23. The average Bonchev–Trinajstić information content (AvgIpc) is 2.25. The Morgan fingerprint density at radius 1 is 1.40 bits per heavy atom. The van der Waals surface area contributed by atoms with E-state index in [-0.39, 0.29) is 6.10 Å². The average molecular weight is 214 g/mol. The van der Waals surface area contributed by atoms with Crippen LogP contribution in [0.2, 0.25) is 0 Å². The predicted octanol–water partition coefficient (Wildman–Crippen LogP) is 1.21. The second-order valence-corrected chi connectivity index (χ2v) is 4.97. The Labute approximate surface area is 93.6 Å². The molecule has 1 fully saturated rings. The maximum Gasteiger partial charge on any atom is 0.0524 e. The fourth-order valence-corrected chi connectivity index (χ4v) is 2.60. The molecule has 0 aromatic heterocycles. The maximum absolute atomic E-state index is 9.27. The Kier molecular flexibility index (Phi) is 5.58. The van der Waals surface area contributed by atoms with Gasteiger partial charge in [-0.3, -0.25) is 0 Å². The molecule has 0 aromatic carbocycles. The molecule has 3 heteroatoms. The number of aliphatic hydroxyl groups is 1. The highest BCUT2D eigenvalue weighted by atomic mass is 16.3. The molecule has 3 nitrogen and oxygen atoms in total. The molecule has 1 rings (SSSR count). The van der Waals surface area contributed by atoms with E-state index >= 15 is 0 Å². The van der Waals surface area contributed by atoms with Gasteiger partial charge in [0.05, 0.1) is 6.10 Å². The molecule has 1 aliphatic rings. The van der Waals surface area contributed by atoms with Crippen LogP contribution >= 0.6 is 0 Å².